The van der Waals surface area contributed by atoms with Crippen LogP contribution >= 0.6 is 11.3 Å². The van der Waals surface area contributed by atoms with Crippen LogP contribution in [0.4, 0.5) is 4.39 Å². The highest BCUT2D eigenvalue weighted by molar-refractivity contribution is 7.16. The molecule has 0 saturated heterocycles. The number of carbonyl (C=O) groups is 1. The molecule has 1 aromatic heterocycles. The van der Waals surface area contributed by atoms with E-state index in [-0.39, 0.29) is 24.8 Å². The standard InChI is InChI=1S/C19H17FN2O2S/c1-2-12-22-18-15(20)9-6-10-16(18)25-19(22)21-17(23)11-13-24-14-7-4-3-5-8-14/h2-10H,1,11-13H2. The summed E-state index contributed by atoms with van der Waals surface area (Å²) in [4.78, 5) is 16.7. The van der Waals surface area contributed by atoms with Gasteiger partial charge in [-0.3, -0.25) is 4.79 Å². The van der Waals surface area contributed by atoms with Crippen LogP contribution in [0.1, 0.15) is 6.42 Å². The van der Waals surface area contributed by atoms with Crippen LogP contribution in [0, 0.1) is 5.82 Å². The van der Waals surface area contributed by atoms with Gasteiger partial charge in [-0.05, 0) is 24.3 Å². The molecule has 0 fully saturated rings. The number of fused-ring (bicyclic) bond motifs is 1. The third-order valence-electron chi connectivity index (χ3n) is 3.51. The van der Waals surface area contributed by atoms with E-state index in [4.69, 9.17) is 4.74 Å². The lowest BCUT2D eigenvalue weighted by Crippen LogP contribution is -2.17. The van der Waals surface area contributed by atoms with Crippen molar-refractivity contribution in [2.24, 2.45) is 4.99 Å². The minimum Gasteiger partial charge on any atom is -0.493 e. The van der Waals surface area contributed by atoms with E-state index in [1.165, 1.54) is 17.4 Å². The predicted molar refractivity (Wildman–Crippen MR) is 97.1 cm³/mol. The van der Waals surface area contributed by atoms with E-state index < -0.39 is 0 Å². The Bertz CT molecular complexity index is 960. The molecule has 25 heavy (non-hydrogen) atoms. The Morgan fingerprint density at radius 1 is 1.24 bits per heavy atom. The van der Waals surface area contributed by atoms with Gasteiger partial charge in [0.05, 0.1) is 23.2 Å². The van der Waals surface area contributed by atoms with E-state index in [1.54, 1.807) is 16.7 Å². The molecule has 0 spiro atoms. The largest absolute Gasteiger partial charge is 0.493 e. The molecule has 0 radical (unpaired) electrons. The highest BCUT2D eigenvalue weighted by atomic mass is 32.1. The lowest BCUT2D eigenvalue weighted by Gasteiger charge is -2.04. The second-order valence-electron chi connectivity index (χ2n) is 5.29. The lowest BCUT2D eigenvalue weighted by molar-refractivity contribution is -0.118. The Kier molecular flexibility index (Phi) is 5.40. The molecule has 128 valence electrons. The Hall–Kier alpha value is -2.73. The average molecular weight is 356 g/mol. The molecule has 0 aliphatic heterocycles. The van der Waals surface area contributed by atoms with Gasteiger partial charge < -0.3 is 9.30 Å². The molecule has 0 aliphatic carbocycles. The maximum absolute atomic E-state index is 14.1. The fourth-order valence-corrected chi connectivity index (χ4v) is 3.48. The number of hydrogen-bond acceptors (Lipinski definition) is 3. The molecule has 6 heteroatoms. The number of hydrogen-bond donors (Lipinski definition) is 0. The lowest BCUT2D eigenvalue weighted by atomic mass is 10.3. The van der Waals surface area contributed by atoms with Crippen LogP contribution in [0.25, 0.3) is 10.2 Å². The maximum Gasteiger partial charge on any atom is 0.251 e. The topological polar surface area (TPSA) is 43.6 Å². The van der Waals surface area contributed by atoms with Crippen molar-refractivity contribution in [3.05, 3.63) is 71.8 Å². The van der Waals surface area contributed by atoms with Gasteiger partial charge in [-0.2, -0.15) is 4.99 Å². The number of para-hydroxylation sites is 2. The van der Waals surface area contributed by atoms with Gasteiger partial charge >= 0.3 is 0 Å². The van der Waals surface area contributed by atoms with Gasteiger partial charge in [0, 0.05) is 6.54 Å². The number of benzene rings is 2. The summed E-state index contributed by atoms with van der Waals surface area (Å²) in [5, 5.41) is 0. The number of carbonyl (C=O) groups excluding carboxylic acids is 1. The maximum atomic E-state index is 14.1. The van der Waals surface area contributed by atoms with Gasteiger partial charge in [-0.15, -0.1) is 6.58 Å². The first kappa shape index (κ1) is 17.1. The molecule has 3 aromatic rings. The summed E-state index contributed by atoms with van der Waals surface area (Å²) in [6.45, 7) is 4.32. The molecule has 0 atom stereocenters. The molecule has 0 bridgehead atoms. The van der Waals surface area contributed by atoms with Gasteiger partial charge in [-0.1, -0.05) is 41.7 Å². The molecule has 0 unspecified atom stereocenters. The molecule has 4 nitrogen and oxygen atoms in total. The number of nitrogens with zero attached hydrogens (tertiary/aromatic N) is 2. The molecular weight excluding hydrogens is 339 g/mol. The third kappa shape index (κ3) is 4.03. The third-order valence-corrected chi connectivity index (χ3v) is 4.56. The van der Waals surface area contributed by atoms with Crippen LogP contribution < -0.4 is 9.54 Å². The average Bonchev–Trinajstić information content (AvgIpc) is 2.95. The molecule has 2 aromatic carbocycles. The van der Waals surface area contributed by atoms with Crippen molar-refractivity contribution < 1.29 is 13.9 Å². The van der Waals surface area contributed by atoms with E-state index >= 15 is 0 Å². The molecule has 0 aliphatic rings. The van der Waals surface area contributed by atoms with Crippen LogP contribution in [-0.2, 0) is 11.3 Å². The minimum absolute atomic E-state index is 0.152. The van der Waals surface area contributed by atoms with Gasteiger partial charge in [-0.25, -0.2) is 4.39 Å². The normalized spacial score (nSPS) is 11.6. The van der Waals surface area contributed by atoms with E-state index in [9.17, 15) is 9.18 Å². The van der Waals surface area contributed by atoms with Crippen molar-refractivity contribution in [2.45, 2.75) is 13.0 Å². The van der Waals surface area contributed by atoms with E-state index in [0.29, 0.717) is 22.6 Å². The SMILES string of the molecule is C=CCn1c(=NC(=O)CCOc2ccccc2)sc2cccc(F)c21. The first-order valence-electron chi connectivity index (χ1n) is 7.83. The summed E-state index contributed by atoms with van der Waals surface area (Å²) >= 11 is 1.28. The zero-order chi connectivity index (χ0) is 17.6. The van der Waals surface area contributed by atoms with Gasteiger partial charge in [0.1, 0.15) is 11.6 Å². The number of aromatic nitrogens is 1. The smallest absolute Gasteiger partial charge is 0.251 e. The van der Waals surface area contributed by atoms with Crippen molar-refractivity contribution in [1.29, 1.82) is 0 Å². The van der Waals surface area contributed by atoms with Crippen LogP contribution in [0.15, 0.2) is 66.2 Å². The fraction of sp³-hybridized carbons (Fsp3) is 0.158. The summed E-state index contributed by atoms with van der Waals surface area (Å²) in [6, 6.07) is 14.1. The summed E-state index contributed by atoms with van der Waals surface area (Å²) in [5.41, 5.74) is 0.444. The quantitative estimate of drug-likeness (QED) is 0.628. The number of halogens is 1. The second-order valence-corrected chi connectivity index (χ2v) is 6.30. The van der Waals surface area contributed by atoms with Gasteiger partial charge in [0.2, 0.25) is 0 Å². The summed E-state index contributed by atoms with van der Waals surface area (Å²) in [7, 11) is 0. The fourth-order valence-electron chi connectivity index (χ4n) is 2.41. The summed E-state index contributed by atoms with van der Waals surface area (Å²) < 4.78 is 22.0. The number of allylic oxidation sites excluding steroid dienone is 1. The highest BCUT2D eigenvalue weighted by Crippen LogP contribution is 2.20. The highest BCUT2D eigenvalue weighted by Gasteiger charge is 2.11. The Morgan fingerprint density at radius 2 is 2.04 bits per heavy atom. The number of rotatable bonds is 6. The Labute approximate surface area is 148 Å². The predicted octanol–water partition coefficient (Wildman–Crippen LogP) is 3.92. The van der Waals surface area contributed by atoms with Crippen LogP contribution in [0.2, 0.25) is 0 Å². The molecule has 0 N–H and O–H groups in total. The minimum atomic E-state index is -0.336. The molecule has 3 rings (SSSR count). The first-order valence-corrected chi connectivity index (χ1v) is 8.65. The van der Waals surface area contributed by atoms with Crippen molar-refractivity contribution >= 4 is 27.5 Å². The van der Waals surface area contributed by atoms with Crippen LogP contribution in [0.3, 0.4) is 0 Å². The molecular formula is C19H17FN2O2S. The first-order chi connectivity index (χ1) is 12.2. The summed E-state index contributed by atoms with van der Waals surface area (Å²) in [5.74, 6) is 0.0681. The van der Waals surface area contributed by atoms with Crippen molar-refractivity contribution in [3.8, 4) is 5.75 Å². The van der Waals surface area contributed by atoms with E-state index in [1.807, 2.05) is 36.4 Å². The molecule has 1 heterocycles. The van der Waals surface area contributed by atoms with Crippen molar-refractivity contribution in [2.75, 3.05) is 6.61 Å². The van der Waals surface area contributed by atoms with Gasteiger partial charge in [0.25, 0.3) is 5.91 Å². The molecule has 1 amide bonds. The number of thiazole rings is 1. The zero-order valence-corrected chi connectivity index (χ0v) is 14.3. The van der Waals surface area contributed by atoms with E-state index in [2.05, 4.69) is 11.6 Å². The monoisotopic (exact) mass is 356 g/mol. The van der Waals surface area contributed by atoms with Crippen molar-refractivity contribution in [3.63, 3.8) is 0 Å². The second kappa shape index (κ2) is 7.90. The van der Waals surface area contributed by atoms with Crippen molar-refractivity contribution in [1.82, 2.24) is 4.57 Å². The zero-order valence-electron chi connectivity index (χ0n) is 13.5. The van der Waals surface area contributed by atoms with Gasteiger partial charge in [0.15, 0.2) is 4.80 Å². The molecule has 0 saturated carbocycles. The number of ether oxygens (including phenoxy) is 1. The van der Waals surface area contributed by atoms with Crippen LogP contribution in [0.5, 0.6) is 5.75 Å². The van der Waals surface area contributed by atoms with Crippen LogP contribution in [-0.4, -0.2) is 17.1 Å². The summed E-state index contributed by atoms with van der Waals surface area (Å²) in [6.07, 6.45) is 1.81. The number of amides is 1. The Morgan fingerprint density at radius 3 is 2.80 bits per heavy atom. The Balaban J connectivity index is 1.80. The van der Waals surface area contributed by atoms with E-state index in [0.717, 1.165) is 4.70 Å².